The first-order valence-corrected chi connectivity index (χ1v) is 15.8. The molecule has 0 aliphatic heterocycles. The van der Waals surface area contributed by atoms with Gasteiger partial charge in [-0.1, -0.05) is 109 Å². The van der Waals surface area contributed by atoms with Crippen LogP contribution in [0.5, 0.6) is 0 Å². The highest BCUT2D eigenvalue weighted by Gasteiger charge is 2.17. The summed E-state index contributed by atoms with van der Waals surface area (Å²) >= 11 is 1.87. The maximum Gasteiger partial charge on any atom is 0.0555 e. The molecule has 0 unspecified atom stereocenters. The molecule has 7 aromatic carbocycles. The van der Waals surface area contributed by atoms with Gasteiger partial charge in [-0.2, -0.15) is 0 Å². The minimum atomic E-state index is 1.22. The molecule has 206 valence electrons. The molecule has 0 aliphatic carbocycles. The van der Waals surface area contributed by atoms with Crippen LogP contribution in [0.25, 0.3) is 81.0 Å². The van der Waals surface area contributed by atoms with Gasteiger partial charge in [-0.15, -0.1) is 11.3 Å². The highest BCUT2D eigenvalue weighted by Crippen LogP contribution is 2.42. The van der Waals surface area contributed by atoms with Gasteiger partial charge in [-0.3, -0.25) is 0 Å². The molecule has 0 aliphatic rings. The predicted molar refractivity (Wildman–Crippen MR) is 190 cm³/mol. The molecular weight excluding hydrogens is 551 g/mol. The molecule has 0 N–H and O–H groups in total. The first-order chi connectivity index (χ1) is 21.8. The lowest BCUT2D eigenvalue weighted by atomic mass is 9.93. The van der Waals surface area contributed by atoms with Crippen LogP contribution in [-0.2, 0) is 0 Å². The molecule has 0 fully saturated rings. The van der Waals surface area contributed by atoms with Gasteiger partial charge in [0.15, 0.2) is 0 Å². The third-order valence-electron chi connectivity index (χ3n) is 8.77. The summed E-state index contributed by atoms with van der Waals surface area (Å²) < 4.78 is 5.11. The Morgan fingerprint density at radius 3 is 1.64 bits per heavy atom. The SMILES string of the molecule is c1ccc(-c2cc(-c3ccccc3)cc(-c3ccc4c(c3)c3ccccc3n4-c3cccc4sc5ccccc5c34)c2)cc1. The Morgan fingerprint density at radius 1 is 0.341 bits per heavy atom. The summed E-state index contributed by atoms with van der Waals surface area (Å²) in [6.45, 7) is 0. The van der Waals surface area contributed by atoms with E-state index in [4.69, 9.17) is 0 Å². The Labute approximate surface area is 259 Å². The van der Waals surface area contributed by atoms with Gasteiger partial charge < -0.3 is 4.57 Å². The Bertz CT molecular complexity index is 2420. The molecule has 2 heterocycles. The fourth-order valence-corrected chi connectivity index (χ4v) is 7.87. The molecule has 0 radical (unpaired) electrons. The van der Waals surface area contributed by atoms with Crippen molar-refractivity contribution in [1.29, 1.82) is 0 Å². The van der Waals surface area contributed by atoms with E-state index in [0.717, 1.165) is 0 Å². The summed E-state index contributed by atoms with van der Waals surface area (Å²) in [4.78, 5) is 0. The molecule has 0 saturated carbocycles. The molecule has 9 rings (SSSR count). The molecule has 2 heteroatoms. The fraction of sp³-hybridized carbons (Fsp3) is 0. The number of hydrogen-bond acceptors (Lipinski definition) is 1. The second kappa shape index (κ2) is 10.1. The Hall–Kier alpha value is -5.44. The second-order valence-corrected chi connectivity index (χ2v) is 12.4. The standard InChI is InChI=1S/C42H27NS/c1-3-12-28(13-4-1)31-24-32(29-14-5-2-6-15-29)26-33(25-31)30-22-23-38-36(27-30)34-16-7-9-18-37(34)43(38)39-19-11-21-41-42(39)35-17-8-10-20-40(35)44-41/h1-27H. The monoisotopic (exact) mass is 577 g/mol. The number of benzene rings is 7. The maximum absolute atomic E-state index is 2.46. The van der Waals surface area contributed by atoms with Crippen LogP contribution >= 0.6 is 11.3 Å². The van der Waals surface area contributed by atoms with Crippen molar-refractivity contribution in [2.75, 3.05) is 0 Å². The summed E-state index contributed by atoms with van der Waals surface area (Å²) in [5.74, 6) is 0. The Kier molecular flexibility index (Phi) is 5.75. The van der Waals surface area contributed by atoms with Crippen LogP contribution in [0, 0.1) is 0 Å². The fourth-order valence-electron chi connectivity index (χ4n) is 6.74. The average Bonchev–Trinajstić information content (AvgIpc) is 3.64. The van der Waals surface area contributed by atoms with Gasteiger partial charge in [-0.05, 0) is 88.0 Å². The van der Waals surface area contributed by atoms with Gasteiger partial charge >= 0.3 is 0 Å². The van der Waals surface area contributed by atoms with Crippen molar-refractivity contribution in [1.82, 2.24) is 4.57 Å². The van der Waals surface area contributed by atoms with Crippen molar-refractivity contribution in [3.05, 3.63) is 164 Å². The normalized spacial score (nSPS) is 11.6. The summed E-state index contributed by atoms with van der Waals surface area (Å²) in [7, 11) is 0. The molecule has 9 aromatic rings. The van der Waals surface area contributed by atoms with Crippen molar-refractivity contribution >= 4 is 53.3 Å². The van der Waals surface area contributed by atoms with Crippen LogP contribution in [0.1, 0.15) is 0 Å². The summed E-state index contributed by atoms with van der Waals surface area (Å²) in [5.41, 5.74) is 11.0. The minimum absolute atomic E-state index is 1.22. The Balaban J connectivity index is 1.29. The topological polar surface area (TPSA) is 4.93 Å². The molecule has 0 bridgehead atoms. The minimum Gasteiger partial charge on any atom is -0.309 e. The average molecular weight is 578 g/mol. The third kappa shape index (κ3) is 4.00. The highest BCUT2D eigenvalue weighted by atomic mass is 32.1. The van der Waals surface area contributed by atoms with Crippen molar-refractivity contribution in [3.63, 3.8) is 0 Å². The molecule has 1 nitrogen and oxygen atoms in total. The van der Waals surface area contributed by atoms with E-state index in [1.807, 2.05) is 11.3 Å². The van der Waals surface area contributed by atoms with Crippen LogP contribution in [0.4, 0.5) is 0 Å². The van der Waals surface area contributed by atoms with Gasteiger partial charge in [0.2, 0.25) is 0 Å². The van der Waals surface area contributed by atoms with E-state index in [9.17, 15) is 0 Å². The van der Waals surface area contributed by atoms with E-state index >= 15 is 0 Å². The van der Waals surface area contributed by atoms with Crippen LogP contribution in [0.2, 0.25) is 0 Å². The van der Waals surface area contributed by atoms with E-state index in [-0.39, 0.29) is 0 Å². The van der Waals surface area contributed by atoms with Crippen molar-refractivity contribution < 1.29 is 0 Å². The number of fused-ring (bicyclic) bond motifs is 6. The summed E-state index contributed by atoms with van der Waals surface area (Å²) in [5, 5.41) is 5.17. The van der Waals surface area contributed by atoms with Crippen molar-refractivity contribution in [3.8, 4) is 39.1 Å². The third-order valence-corrected chi connectivity index (χ3v) is 9.91. The largest absolute Gasteiger partial charge is 0.309 e. The molecular formula is C42H27NS. The van der Waals surface area contributed by atoms with Crippen LogP contribution in [-0.4, -0.2) is 4.57 Å². The summed E-state index contributed by atoms with van der Waals surface area (Å²) in [6.07, 6.45) is 0. The number of nitrogens with zero attached hydrogens (tertiary/aromatic N) is 1. The predicted octanol–water partition coefficient (Wildman–Crippen LogP) is 12.2. The van der Waals surface area contributed by atoms with Gasteiger partial charge in [0.1, 0.15) is 0 Å². The molecule has 0 atom stereocenters. The molecule has 44 heavy (non-hydrogen) atoms. The van der Waals surface area contributed by atoms with E-state index in [1.165, 1.54) is 81.0 Å². The van der Waals surface area contributed by atoms with E-state index in [2.05, 4.69) is 168 Å². The van der Waals surface area contributed by atoms with Gasteiger partial charge in [0.05, 0.1) is 16.7 Å². The van der Waals surface area contributed by atoms with Crippen molar-refractivity contribution in [2.24, 2.45) is 0 Å². The molecule has 0 spiro atoms. The lowest BCUT2D eigenvalue weighted by molar-refractivity contribution is 1.20. The lowest BCUT2D eigenvalue weighted by Crippen LogP contribution is -1.94. The van der Waals surface area contributed by atoms with E-state index in [1.54, 1.807) is 0 Å². The maximum atomic E-state index is 2.46. The zero-order chi connectivity index (χ0) is 29.0. The lowest BCUT2D eigenvalue weighted by Gasteiger charge is -2.12. The van der Waals surface area contributed by atoms with Gasteiger partial charge in [0, 0.05) is 30.9 Å². The molecule has 2 aromatic heterocycles. The zero-order valence-corrected chi connectivity index (χ0v) is 24.8. The number of para-hydroxylation sites is 1. The first-order valence-electron chi connectivity index (χ1n) is 15.0. The Morgan fingerprint density at radius 2 is 0.909 bits per heavy atom. The quantitative estimate of drug-likeness (QED) is 0.196. The highest BCUT2D eigenvalue weighted by molar-refractivity contribution is 7.25. The number of aromatic nitrogens is 1. The summed E-state index contributed by atoms with van der Waals surface area (Å²) in [6, 6.07) is 59.7. The van der Waals surface area contributed by atoms with Crippen LogP contribution < -0.4 is 0 Å². The van der Waals surface area contributed by atoms with Crippen LogP contribution in [0.3, 0.4) is 0 Å². The van der Waals surface area contributed by atoms with Gasteiger partial charge in [0.25, 0.3) is 0 Å². The van der Waals surface area contributed by atoms with Crippen LogP contribution in [0.15, 0.2) is 164 Å². The number of thiophene rings is 1. The molecule has 0 saturated heterocycles. The smallest absolute Gasteiger partial charge is 0.0555 e. The molecule has 0 amide bonds. The first kappa shape index (κ1) is 25.1. The van der Waals surface area contributed by atoms with E-state index in [0.29, 0.717) is 0 Å². The van der Waals surface area contributed by atoms with E-state index < -0.39 is 0 Å². The number of rotatable bonds is 4. The van der Waals surface area contributed by atoms with Crippen molar-refractivity contribution in [2.45, 2.75) is 0 Å². The zero-order valence-electron chi connectivity index (χ0n) is 23.9. The van der Waals surface area contributed by atoms with Gasteiger partial charge in [-0.25, -0.2) is 0 Å². The number of hydrogen-bond donors (Lipinski definition) is 0. The second-order valence-electron chi connectivity index (χ2n) is 11.4.